The van der Waals surface area contributed by atoms with E-state index in [4.69, 9.17) is 4.74 Å². The maximum Gasteiger partial charge on any atom is 0.295 e. The number of pyridine rings is 1. The van der Waals surface area contributed by atoms with Crippen molar-refractivity contribution in [3.8, 4) is 5.88 Å². The summed E-state index contributed by atoms with van der Waals surface area (Å²) in [5.41, 5.74) is 0.563. The third-order valence-electron chi connectivity index (χ3n) is 2.42. The number of aromatic nitrogens is 4. The van der Waals surface area contributed by atoms with Gasteiger partial charge in [-0.25, -0.2) is 9.97 Å². The van der Waals surface area contributed by atoms with Crippen LogP contribution in [0.25, 0.3) is 0 Å². The highest BCUT2D eigenvalue weighted by Crippen LogP contribution is 2.11. The summed E-state index contributed by atoms with van der Waals surface area (Å²) in [6.07, 6.45) is 3.22. The number of carbonyl (C=O) groups excluding carboxylic acids is 1. The van der Waals surface area contributed by atoms with Crippen molar-refractivity contribution in [1.82, 2.24) is 20.2 Å². The van der Waals surface area contributed by atoms with Crippen molar-refractivity contribution in [2.24, 2.45) is 0 Å². The lowest BCUT2D eigenvalue weighted by molar-refractivity contribution is 0.101. The van der Waals surface area contributed by atoms with E-state index in [1.54, 1.807) is 12.1 Å². The molecule has 0 saturated carbocycles. The topological polar surface area (TPSA) is 92.8 Å². The number of nitrogens with one attached hydrogen (secondary N) is 2. The Hall–Kier alpha value is -2.44. The van der Waals surface area contributed by atoms with Crippen molar-refractivity contribution in [2.45, 2.75) is 19.8 Å². The number of nitrogens with zero attached hydrogens (tertiary/aromatic N) is 3. The second kappa shape index (κ2) is 5.94. The molecule has 2 aromatic heterocycles. The number of hydrogen-bond donors (Lipinski definition) is 2. The number of rotatable bonds is 5. The van der Waals surface area contributed by atoms with Gasteiger partial charge < -0.3 is 10.1 Å². The molecule has 19 heavy (non-hydrogen) atoms. The lowest BCUT2D eigenvalue weighted by Gasteiger charge is -2.02. The minimum absolute atomic E-state index is 0.124. The highest BCUT2D eigenvalue weighted by atomic mass is 16.5. The Morgan fingerprint density at radius 2 is 2.32 bits per heavy atom. The Morgan fingerprint density at radius 1 is 1.47 bits per heavy atom. The zero-order valence-electron chi connectivity index (χ0n) is 10.8. The van der Waals surface area contributed by atoms with Crippen molar-refractivity contribution >= 4 is 11.6 Å². The molecule has 0 radical (unpaired) electrons. The van der Waals surface area contributed by atoms with Crippen LogP contribution >= 0.6 is 0 Å². The van der Waals surface area contributed by atoms with E-state index in [0.29, 0.717) is 17.4 Å². The summed E-state index contributed by atoms with van der Waals surface area (Å²) in [4.78, 5) is 20.0. The van der Waals surface area contributed by atoms with E-state index in [1.165, 1.54) is 13.3 Å². The summed E-state index contributed by atoms with van der Waals surface area (Å²) in [7, 11) is 1.53. The van der Waals surface area contributed by atoms with Gasteiger partial charge in [-0.05, 0) is 12.5 Å². The minimum atomic E-state index is -0.370. The van der Waals surface area contributed by atoms with Crippen molar-refractivity contribution in [2.75, 3.05) is 12.4 Å². The molecule has 0 saturated heterocycles. The molecule has 0 unspecified atom stereocenters. The van der Waals surface area contributed by atoms with E-state index in [-0.39, 0.29) is 11.7 Å². The van der Waals surface area contributed by atoms with Crippen LogP contribution in [0.3, 0.4) is 0 Å². The maximum atomic E-state index is 11.9. The van der Waals surface area contributed by atoms with Gasteiger partial charge in [-0.1, -0.05) is 6.92 Å². The van der Waals surface area contributed by atoms with Gasteiger partial charge >= 0.3 is 0 Å². The number of amides is 1. The highest BCUT2D eigenvalue weighted by Gasteiger charge is 2.12. The van der Waals surface area contributed by atoms with Gasteiger partial charge in [0.15, 0.2) is 0 Å². The van der Waals surface area contributed by atoms with Crippen LogP contribution in [-0.2, 0) is 6.42 Å². The number of aromatic amines is 1. The molecule has 0 aliphatic carbocycles. The number of H-pyrrole nitrogens is 1. The molecule has 2 aromatic rings. The third-order valence-corrected chi connectivity index (χ3v) is 2.42. The summed E-state index contributed by atoms with van der Waals surface area (Å²) < 4.78 is 4.94. The number of methoxy groups -OCH3 is 1. The van der Waals surface area contributed by atoms with Crippen LogP contribution in [0.2, 0.25) is 0 Å². The van der Waals surface area contributed by atoms with Crippen LogP contribution in [-0.4, -0.2) is 33.2 Å². The predicted molar refractivity (Wildman–Crippen MR) is 69.1 cm³/mol. The van der Waals surface area contributed by atoms with Crippen molar-refractivity contribution in [1.29, 1.82) is 0 Å². The molecule has 0 aliphatic heterocycles. The second-order valence-electron chi connectivity index (χ2n) is 3.90. The van der Waals surface area contributed by atoms with Crippen LogP contribution in [0.15, 0.2) is 18.3 Å². The Kier molecular flexibility index (Phi) is 4.07. The van der Waals surface area contributed by atoms with Crippen LogP contribution in [0.1, 0.15) is 29.8 Å². The standard InChI is InChI=1S/C12H15N5O2/c1-3-4-9-15-11(17-16-9)12(18)14-8-5-6-10(19-2)13-7-8/h5-7H,3-4H2,1-2H3,(H,14,18)(H,15,16,17). The van der Waals surface area contributed by atoms with Gasteiger partial charge in [-0.15, -0.1) is 5.10 Å². The molecule has 0 aliphatic rings. The van der Waals surface area contributed by atoms with E-state index < -0.39 is 0 Å². The van der Waals surface area contributed by atoms with E-state index in [0.717, 1.165) is 12.8 Å². The molecular formula is C12H15N5O2. The summed E-state index contributed by atoms with van der Waals surface area (Å²) in [5, 5.41) is 9.27. The molecule has 0 fully saturated rings. The monoisotopic (exact) mass is 261 g/mol. The molecule has 2 N–H and O–H groups in total. The highest BCUT2D eigenvalue weighted by molar-refractivity contribution is 6.01. The van der Waals surface area contributed by atoms with E-state index in [2.05, 4.69) is 25.5 Å². The summed E-state index contributed by atoms with van der Waals surface area (Å²) >= 11 is 0. The number of hydrogen-bond acceptors (Lipinski definition) is 5. The second-order valence-corrected chi connectivity index (χ2v) is 3.90. The average molecular weight is 261 g/mol. The first-order valence-electron chi connectivity index (χ1n) is 5.95. The first-order valence-corrected chi connectivity index (χ1v) is 5.95. The fraction of sp³-hybridized carbons (Fsp3) is 0.333. The molecule has 0 aromatic carbocycles. The first-order chi connectivity index (χ1) is 9.22. The molecule has 100 valence electrons. The fourth-order valence-electron chi connectivity index (χ4n) is 1.51. The number of aryl methyl sites for hydroxylation is 1. The lowest BCUT2D eigenvalue weighted by atomic mass is 10.3. The van der Waals surface area contributed by atoms with Gasteiger partial charge in [0.25, 0.3) is 5.91 Å². The maximum absolute atomic E-state index is 11.9. The van der Waals surface area contributed by atoms with Gasteiger partial charge in [-0.3, -0.25) is 9.89 Å². The largest absolute Gasteiger partial charge is 0.481 e. The van der Waals surface area contributed by atoms with Crippen LogP contribution in [0.5, 0.6) is 5.88 Å². The zero-order chi connectivity index (χ0) is 13.7. The average Bonchev–Trinajstić information content (AvgIpc) is 2.89. The zero-order valence-corrected chi connectivity index (χ0v) is 10.8. The molecule has 7 heteroatoms. The molecule has 2 rings (SSSR count). The van der Waals surface area contributed by atoms with Crippen molar-refractivity contribution < 1.29 is 9.53 Å². The van der Waals surface area contributed by atoms with Gasteiger partial charge in [0.1, 0.15) is 5.82 Å². The van der Waals surface area contributed by atoms with Crippen LogP contribution < -0.4 is 10.1 Å². The molecule has 7 nitrogen and oxygen atoms in total. The minimum Gasteiger partial charge on any atom is -0.481 e. The Bertz CT molecular complexity index is 550. The fourth-order valence-corrected chi connectivity index (χ4v) is 1.51. The lowest BCUT2D eigenvalue weighted by Crippen LogP contribution is -2.14. The van der Waals surface area contributed by atoms with Crippen LogP contribution in [0, 0.1) is 0 Å². The van der Waals surface area contributed by atoms with Gasteiger partial charge in [0.2, 0.25) is 11.7 Å². The Balaban J connectivity index is 2.02. The van der Waals surface area contributed by atoms with Crippen LogP contribution in [0.4, 0.5) is 5.69 Å². The first kappa shape index (κ1) is 13.0. The predicted octanol–water partition coefficient (Wildman–Crippen LogP) is 1.41. The molecule has 2 heterocycles. The summed E-state index contributed by atoms with van der Waals surface area (Å²) in [6, 6.07) is 3.36. The van der Waals surface area contributed by atoms with Crippen molar-refractivity contribution in [3.05, 3.63) is 30.0 Å². The van der Waals surface area contributed by atoms with E-state index in [1.807, 2.05) is 6.92 Å². The smallest absolute Gasteiger partial charge is 0.295 e. The molecule has 1 amide bonds. The van der Waals surface area contributed by atoms with Gasteiger partial charge in [0.05, 0.1) is 19.0 Å². The van der Waals surface area contributed by atoms with Crippen molar-refractivity contribution in [3.63, 3.8) is 0 Å². The Morgan fingerprint density at radius 3 is 2.95 bits per heavy atom. The normalized spacial score (nSPS) is 10.2. The summed E-state index contributed by atoms with van der Waals surface area (Å²) in [6.45, 7) is 2.03. The molecule has 0 atom stereocenters. The Labute approximate surface area is 110 Å². The number of carbonyl (C=O) groups is 1. The van der Waals surface area contributed by atoms with E-state index >= 15 is 0 Å². The SMILES string of the molecule is CCCc1nc(C(=O)Nc2ccc(OC)nc2)n[nH]1. The van der Waals surface area contributed by atoms with E-state index in [9.17, 15) is 4.79 Å². The quantitative estimate of drug-likeness (QED) is 0.849. The summed E-state index contributed by atoms with van der Waals surface area (Å²) in [5.74, 6) is 0.950. The third kappa shape index (κ3) is 3.27. The molecular weight excluding hydrogens is 246 g/mol. The molecule has 0 bridgehead atoms. The number of anilines is 1. The van der Waals surface area contributed by atoms with Gasteiger partial charge in [-0.2, -0.15) is 0 Å². The molecule has 0 spiro atoms. The van der Waals surface area contributed by atoms with Gasteiger partial charge in [0, 0.05) is 12.5 Å². The number of ether oxygens (including phenoxy) is 1.